The van der Waals surface area contributed by atoms with E-state index in [0.29, 0.717) is 19.0 Å². The second-order valence-electron chi connectivity index (χ2n) is 9.02. The number of benzene rings is 3. The lowest BCUT2D eigenvalue weighted by Crippen LogP contribution is -2.29. The van der Waals surface area contributed by atoms with Crippen LogP contribution in [0.1, 0.15) is 22.4 Å². The van der Waals surface area contributed by atoms with Gasteiger partial charge in [0.1, 0.15) is 11.6 Å². The summed E-state index contributed by atoms with van der Waals surface area (Å²) in [7, 11) is 1.69. The molecule has 5 aromatic rings. The number of rotatable bonds is 8. The molecule has 36 heavy (non-hydrogen) atoms. The Morgan fingerprint density at radius 1 is 0.806 bits per heavy atom. The molecule has 3 aromatic carbocycles. The van der Waals surface area contributed by atoms with Crippen LogP contribution in [0.5, 0.6) is 5.75 Å². The van der Waals surface area contributed by atoms with E-state index < -0.39 is 0 Å². The fourth-order valence-electron chi connectivity index (χ4n) is 4.70. The lowest BCUT2D eigenvalue weighted by molar-refractivity contribution is 0.414. The maximum absolute atomic E-state index is 5.33. The van der Waals surface area contributed by atoms with Crippen LogP contribution in [0.15, 0.2) is 84.9 Å². The van der Waals surface area contributed by atoms with Crippen LogP contribution in [0.2, 0.25) is 0 Å². The first-order chi connectivity index (χ1) is 17.8. The summed E-state index contributed by atoms with van der Waals surface area (Å²) in [4.78, 5) is 12.3. The van der Waals surface area contributed by atoms with Crippen LogP contribution in [-0.2, 0) is 26.1 Å². The van der Waals surface area contributed by atoms with Crippen molar-refractivity contribution in [3.05, 3.63) is 107 Å². The number of ether oxygens (including phenoxy) is 1. The van der Waals surface area contributed by atoms with Gasteiger partial charge in [-0.2, -0.15) is 15.1 Å². The molecular formula is C29H28N6O. The van der Waals surface area contributed by atoms with Crippen molar-refractivity contribution >= 4 is 22.8 Å². The van der Waals surface area contributed by atoms with Gasteiger partial charge in [0.05, 0.1) is 24.7 Å². The van der Waals surface area contributed by atoms with Crippen LogP contribution in [0.3, 0.4) is 0 Å². The van der Waals surface area contributed by atoms with Crippen molar-refractivity contribution in [3.8, 4) is 5.75 Å². The minimum atomic E-state index is 0.615. The average molecular weight is 477 g/mol. The zero-order chi connectivity index (χ0) is 24.3. The average Bonchev–Trinajstić information content (AvgIpc) is 3.28. The van der Waals surface area contributed by atoms with E-state index in [1.54, 1.807) is 7.11 Å². The molecule has 1 N–H and O–H groups in total. The second-order valence-corrected chi connectivity index (χ2v) is 9.02. The molecule has 7 nitrogen and oxygen atoms in total. The highest BCUT2D eigenvalue weighted by atomic mass is 16.5. The van der Waals surface area contributed by atoms with E-state index in [2.05, 4.69) is 58.7 Å². The Morgan fingerprint density at radius 2 is 1.50 bits per heavy atom. The Bertz CT molecular complexity index is 1470. The van der Waals surface area contributed by atoms with Gasteiger partial charge in [-0.1, -0.05) is 72.8 Å². The number of hydrogen-bond donors (Lipinski definition) is 1. The molecule has 3 heterocycles. The third kappa shape index (κ3) is 4.47. The van der Waals surface area contributed by atoms with E-state index >= 15 is 0 Å². The van der Waals surface area contributed by atoms with Gasteiger partial charge in [-0.3, -0.25) is 0 Å². The molecule has 0 atom stereocenters. The lowest BCUT2D eigenvalue weighted by atomic mass is 10.1. The molecule has 0 radical (unpaired) electrons. The van der Waals surface area contributed by atoms with Crippen molar-refractivity contribution in [2.75, 3.05) is 23.9 Å². The normalized spacial score (nSPS) is 12.6. The Labute approximate surface area is 210 Å². The number of methoxy groups -OCH3 is 1. The summed E-state index contributed by atoms with van der Waals surface area (Å²) in [5, 5.41) is 9.48. The molecule has 1 aliphatic rings. The van der Waals surface area contributed by atoms with Gasteiger partial charge in [0.2, 0.25) is 5.95 Å². The van der Waals surface area contributed by atoms with E-state index in [1.807, 2.05) is 41.1 Å². The van der Waals surface area contributed by atoms with E-state index in [0.717, 1.165) is 47.8 Å². The van der Waals surface area contributed by atoms with Gasteiger partial charge in [0.25, 0.3) is 0 Å². The number of nitrogens with zero attached hydrogens (tertiary/aromatic N) is 5. The zero-order valence-electron chi connectivity index (χ0n) is 20.3. The van der Waals surface area contributed by atoms with Crippen molar-refractivity contribution in [2.24, 2.45) is 0 Å². The number of hydrogen-bond acceptors (Lipinski definition) is 6. The maximum Gasteiger partial charge on any atom is 0.227 e. The molecule has 0 saturated heterocycles. The van der Waals surface area contributed by atoms with Crippen LogP contribution in [-0.4, -0.2) is 33.4 Å². The molecular weight excluding hydrogens is 448 g/mol. The minimum absolute atomic E-state index is 0.615. The molecule has 0 spiro atoms. The molecule has 0 saturated carbocycles. The van der Waals surface area contributed by atoms with E-state index in [-0.39, 0.29) is 0 Å². The predicted octanol–water partition coefficient (Wildman–Crippen LogP) is 5.06. The van der Waals surface area contributed by atoms with Crippen LogP contribution in [0.4, 0.5) is 11.8 Å². The van der Waals surface area contributed by atoms with Crippen molar-refractivity contribution in [2.45, 2.75) is 26.1 Å². The Kier molecular flexibility index (Phi) is 5.95. The van der Waals surface area contributed by atoms with E-state index in [1.165, 1.54) is 16.7 Å². The first-order valence-corrected chi connectivity index (χ1v) is 12.2. The summed E-state index contributed by atoms with van der Waals surface area (Å²) in [5.41, 5.74) is 5.53. The van der Waals surface area contributed by atoms with Gasteiger partial charge < -0.3 is 15.0 Å². The third-order valence-corrected chi connectivity index (χ3v) is 6.56. The number of nitrogens with one attached hydrogen (secondary N) is 1. The monoisotopic (exact) mass is 476 g/mol. The molecule has 180 valence electrons. The van der Waals surface area contributed by atoms with Crippen LogP contribution in [0, 0.1) is 0 Å². The molecule has 7 heteroatoms. The van der Waals surface area contributed by atoms with Crippen molar-refractivity contribution in [1.82, 2.24) is 19.7 Å². The fraction of sp³-hybridized carbons (Fsp3) is 0.207. The Morgan fingerprint density at radius 3 is 2.22 bits per heavy atom. The fourth-order valence-corrected chi connectivity index (χ4v) is 4.70. The van der Waals surface area contributed by atoms with Gasteiger partial charge in [0.15, 0.2) is 5.65 Å². The molecule has 1 aliphatic heterocycles. The van der Waals surface area contributed by atoms with E-state index in [4.69, 9.17) is 19.8 Å². The summed E-state index contributed by atoms with van der Waals surface area (Å²) < 4.78 is 7.35. The molecule has 0 bridgehead atoms. The molecule has 0 fully saturated rings. The summed E-state index contributed by atoms with van der Waals surface area (Å²) in [6, 6.07) is 28.9. The summed E-state index contributed by atoms with van der Waals surface area (Å²) in [5.74, 6) is 2.41. The zero-order valence-corrected chi connectivity index (χ0v) is 20.3. The lowest BCUT2D eigenvalue weighted by Gasteiger charge is -2.28. The summed E-state index contributed by atoms with van der Waals surface area (Å²) >= 11 is 0. The molecule has 0 unspecified atom stereocenters. The number of anilines is 2. The van der Waals surface area contributed by atoms with Crippen LogP contribution in [0.25, 0.3) is 11.0 Å². The van der Waals surface area contributed by atoms with Crippen molar-refractivity contribution in [3.63, 3.8) is 0 Å². The van der Waals surface area contributed by atoms with Crippen LogP contribution < -0.4 is 15.0 Å². The quantitative estimate of drug-likeness (QED) is 0.338. The van der Waals surface area contributed by atoms with Gasteiger partial charge in [0, 0.05) is 26.1 Å². The molecule has 2 aromatic heterocycles. The first-order valence-electron chi connectivity index (χ1n) is 12.2. The van der Waals surface area contributed by atoms with Gasteiger partial charge in [-0.15, -0.1) is 0 Å². The van der Waals surface area contributed by atoms with Crippen molar-refractivity contribution < 1.29 is 4.74 Å². The molecule has 0 aliphatic carbocycles. The second kappa shape index (κ2) is 9.70. The van der Waals surface area contributed by atoms with E-state index in [9.17, 15) is 0 Å². The minimum Gasteiger partial charge on any atom is -0.497 e. The maximum atomic E-state index is 5.33. The Hall–Kier alpha value is -4.39. The third-order valence-electron chi connectivity index (χ3n) is 6.56. The number of aromatic nitrogens is 4. The smallest absolute Gasteiger partial charge is 0.227 e. The standard InChI is InChI=1S/C29H28N6O/c1-36-24-14-12-23(13-15-24)19-34-17-16-25-26-27(34)31-29(30-18-21-8-4-2-5-9-21)32-28(26)35(33-25)20-22-10-6-3-7-11-22/h2-15H,16-20H2,1H3,(H,30,31,32). The molecule has 6 rings (SSSR count). The highest BCUT2D eigenvalue weighted by Crippen LogP contribution is 2.34. The predicted molar refractivity (Wildman–Crippen MR) is 142 cm³/mol. The summed E-state index contributed by atoms with van der Waals surface area (Å²) in [6.07, 6.45) is 0.863. The Balaban J connectivity index is 1.38. The first kappa shape index (κ1) is 22.1. The van der Waals surface area contributed by atoms with Gasteiger partial charge in [-0.25, -0.2) is 4.68 Å². The summed E-state index contributed by atoms with van der Waals surface area (Å²) in [6.45, 7) is 2.94. The van der Waals surface area contributed by atoms with Gasteiger partial charge >= 0.3 is 0 Å². The van der Waals surface area contributed by atoms with Crippen LogP contribution >= 0.6 is 0 Å². The molecule has 0 amide bonds. The highest BCUT2D eigenvalue weighted by molar-refractivity contribution is 5.92. The largest absolute Gasteiger partial charge is 0.497 e. The van der Waals surface area contributed by atoms with Gasteiger partial charge in [-0.05, 0) is 28.8 Å². The SMILES string of the molecule is COc1ccc(CN2CCc3nn(Cc4ccccc4)c4nc(NCc5ccccc5)nc2c34)cc1. The van der Waals surface area contributed by atoms with Crippen molar-refractivity contribution in [1.29, 1.82) is 0 Å². The highest BCUT2D eigenvalue weighted by Gasteiger charge is 2.27. The topological polar surface area (TPSA) is 68.1 Å².